The van der Waals surface area contributed by atoms with Gasteiger partial charge in [0.25, 0.3) is 0 Å². The number of amides is 1. The minimum absolute atomic E-state index is 0.130. The van der Waals surface area contributed by atoms with Crippen molar-refractivity contribution < 1.29 is 14.6 Å². The maximum Gasteiger partial charge on any atom is 0.222 e. The van der Waals surface area contributed by atoms with Crippen LogP contribution in [0, 0.1) is 40.4 Å². The summed E-state index contributed by atoms with van der Waals surface area (Å²) in [6.07, 6.45) is 16.9. The Morgan fingerprint density at radius 1 is 1.12 bits per heavy atom. The van der Waals surface area contributed by atoms with Gasteiger partial charge in [-0.15, -0.1) is 0 Å². The van der Waals surface area contributed by atoms with Crippen LogP contribution in [-0.4, -0.2) is 65.3 Å². The van der Waals surface area contributed by atoms with E-state index in [9.17, 15) is 9.90 Å². The predicted octanol–water partition coefficient (Wildman–Crippen LogP) is 5.49. The van der Waals surface area contributed by atoms with Crippen LogP contribution in [0.15, 0.2) is 24.2 Å². The number of nitrogens with zero attached hydrogens (tertiary/aromatic N) is 4. The summed E-state index contributed by atoms with van der Waals surface area (Å²) in [5.74, 6) is 5.50. The van der Waals surface area contributed by atoms with Crippen LogP contribution in [0.3, 0.4) is 0 Å². The van der Waals surface area contributed by atoms with E-state index >= 15 is 0 Å². The molecule has 4 fully saturated rings. The first-order chi connectivity index (χ1) is 19.2. The zero-order valence-corrected chi connectivity index (χ0v) is 25.1. The van der Waals surface area contributed by atoms with E-state index in [1.165, 1.54) is 32.1 Å². The number of hydrogen-bond acceptors (Lipinski definition) is 6. The lowest BCUT2D eigenvalue weighted by atomic mass is 9.47. The number of fused-ring (bicyclic) bond motifs is 5. The van der Waals surface area contributed by atoms with Gasteiger partial charge in [-0.1, -0.05) is 32.4 Å². The van der Waals surface area contributed by atoms with Crippen LogP contribution in [0.25, 0.3) is 0 Å². The maximum absolute atomic E-state index is 13.3. The monoisotopic (exact) mass is 550 g/mol. The number of anilines is 1. The molecule has 0 bridgehead atoms. The fourth-order valence-electron chi connectivity index (χ4n) is 10.2. The zero-order valence-electron chi connectivity index (χ0n) is 25.1. The van der Waals surface area contributed by atoms with Gasteiger partial charge in [-0.2, -0.15) is 0 Å². The van der Waals surface area contributed by atoms with E-state index in [-0.39, 0.29) is 6.10 Å². The van der Waals surface area contributed by atoms with Crippen molar-refractivity contribution in [3.8, 4) is 5.75 Å². The molecule has 40 heavy (non-hydrogen) atoms. The summed E-state index contributed by atoms with van der Waals surface area (Å²) in [5, 5.41) is 10.3. The Morgan fingerprint density at radius 2 is 1.93 bits per heavy atom. The summed E-state index contributed by atoms with van der Waals surface area (Å²) in [6, 6.07) is 0. The second-order valence-corrected chi connectivity index (χ2v) is 14.2. The molecule has 5 aliphatic rings. The molecule has 0 spiro atoms. The molecule has 0 aromatic carbocycles. The third-order valence-electron chi connectivity index (χ3n) is 12.5. The highest BCUT2D eigenvalue weighted by atomic mass is 16.5. The number of methoxy groups -OCH3 is 1. The van der Waals surface area contributed by atoms with Gasteiger partial charge in [0.05, 0.1) is 19.4 Å². The van der Waals surface area contributed by atoms with E-state index < -0.39 is 0 Å². The Bertz CT molecular complexity index is 1120. The fourth-order valence-corrected chi connectivity index (χ4v) is 10.2. The van der Waals surface area contributed by atoms with Crippen molar-refractivity contribution in [2.24, 2.45) is 40.4 Å². The molecule has 1 aromatic heterocycles. The second-order valence-electron chi connectivity index (χ2n) is 14.2. The standard InChI is InChI=1S/C33H50N4O3/c1-22(5-10-30(39)36-15-17-37(18-16-36)31-29(40-4)20-34-21-35-31)26-8-9-27-25-7-6-23-19-24(38)11-13-32(23,2)28(25)12-14-33(26,27)3/h6,20-22,24-28,38H,5,7-19H2,1-4H3/t22?,24-,25-,26+,27-,28-,32-,33+/m0/s1. The number of rotatable bonds is 6. The van der Waals surface area contributed by atoms with Crippen molar-refractivity contribution >= 4 is 11.7 Å². The molecular formula is C33H50N4O3. The van der Waals surface area contributed by atoms with Crippen molar-refractivity contribution in [2.45, 2.75) is 91.1 Å². The third-order valence-corrected chi connectivity index (χ3v) is 12.5. The Labute approximate surface area is 240 Å². The minimum Gasteiger partial charge on any atom is -0.491 e. The number of hydrogen-bond donors (Lipinski definition) is 1. The molecule has 1 aliphatic heterocycles. The number of ether oxygens (including phenoxy) is 1. The summed E-state index contributed by atoms with van der Waals surface area (Å²) >= 11 is 0. The lowest BCUT2D eigenvalue weighted by molar-refractivity contribution is -0.132. The van der Waals surface area contributed by atoms with E-state index in [1.54, 1.807) is 25.2 Å². The predicted molar refractivity (Wildman–Crippen MR) is 157 cm³/mol. The molecule has 1 aromatic rings. The van der Waals surface area contributed by atoms with E-state index in [0.29, 0.717) is 34.8 Å². The number of carbonyl (C=O) groups is 1. The number of aliphatic hydroxyl groups is 1. The van der Waals surface area contributed by atoms with Gasteiger partial charge in [-0.3, -0.25) is 4.79 Å². The molecule has 1 N–H and O–H groups in total. The van der Waals surface area contributed by atoms with Gasteiger partial charge in [-0.05, 0) is 98.2 Å². The molecule has 2 heterocycles. The van der Waals surface area contributed by atoms with Gasteiger partial charge in [0.2, 0.25) is 5.91 Å². The van der Waals surface area contributed by atoms with Crippen molar-refractivity contribution in [3.05, 3.63) is 24.2 Å². The molecule has 8 atom stereocenters. The Balaban J connectivity index is 1.04. The minimum atomic E-state index is -0.130. The van der Waals surface area contributed by atoms with Gasteiger partial charge in [0.15, 0.2) is 11.6 Å². The topological polar surface area (TPSA) is 78.8 Å². The second kappa shape index (κ2) is 10.9. The summed E-state index contributed by atoms with van der Waals surface area (Å²) in [7, 11) is 1.65. The van der Waals surface area contributed by atoms with Crippen LogP contribution in [0.5, 0.6) is 5.75 Å². The molecule has 6 rings (SSSR count). The molecule has 1 unspecified atom stereocenters. The van der Waals surface area contributed by atoms with Crippen molar-refractivity contribution in [1.82, 2.24) is 14.9 Å². The van der Waals surface area contributed by atoms with Gasteiger partial charge in [-0.25, -0.2) is 9.97 Å². The van der Waals surface area contributed by atoms with Crippen LogP contribution in [0.1, 0.15) is 85.0 Å². The molecule has 4 aliphatic carbocycles. The lowest BCUT2D eigenvalue weighted by Gasteiger charge is -2.58. The van der Waals surface area contributed by atoms with Crippen molar-refractivity contribution in [1.29, 1.82) is 0 Å². The highest BCUT2D eigenvalue weighted by Gasteiger charge is 2.59. The normalized spacial score (nSPS) is 38.1. The van der Waals surface area contributed by atoms with Crippen LogP contribution in [0.4, 0.5) is 5.82 Å². The highest BCUT2D eigenvalue weighted by Crippen LogP contribution is 2.67. The lowest BCUT2D eigenvalue weighted by Crippen LogP contribution is -2.51. The molecule has 1 amide bonds. The molecule has 7 nitrogen and oxygen atoms in total. The fraction of sp³-hybridized carbons (Fsp3) is 0.788. The summed E-state index contributed by atoms with van der Waals surface area (Å²) in [6.45, 7) is 10.6. The average Bonchev–Trinajstić information content (AvgIpc) is 3.33. The SMILES string of the molecule is COc1cncnc1N1CCN(C(=O)CCC(C)[C@H]2CC[C@H]3[C@@H]4CC=C5C[C@@H](O)CC[C@]5(C)[C@H]4CC[C@]23C)CC1. The number of carbonyl (C=O) groups excluding carboxylic acids is 1. The number of aromatic nitrogens is 2. The summed E-state index contributed by atoms with van der Waals surface area (Å²) in [5.41, 5.74) is 2.28. The molecule has 0 radical (unpaired) electrons. The van der Waals surface area contributed by atoms with Gasteiger partial charge < -0.3 is 19.6 Å². The Hall–Kier alpha value is -2.15. The highest BCUT2D eigenvalue weighted by molar-refractivity contribution is 5.76. The molecule has 3 saturated carbocycles. The first kappa shape index (κ1) is 28.0. The quantitative estimate of drug-likeness (QED) is 0.472. The van der Waals surface area contributed by atoms with E-state index in [0.717, 1.165) is 81.4 Å². The number of piperazine rings is 1. The van der Waals surface area contributed by atoms with E-state index in [1.807, 2.05) is 0 Å². The van der Waals surface area contributed by atoms with Gasteiger partial charge >= 0.3 is 0 Å². The van der Waals surface area contributed by atoms with Gasteiger partial charge in [0.1, 0.15) is 6.33 Å². The van der Waals surface area contributed by atoms with Crippen molar-refractivity contribution in [2.75, 3.05) is 38.2 Å². The Morgan fingerprint density at radius 3 is 2.70 bits per heavy atom. The average molecular weight is 551 g/mol. The van der Waals surface area contributed by atoms with Crippen LogP contribution >= 0.6 is 0 Å². The van der Waals surface area contributed by atoms with Crippen molar-refractivity contribution in [3.63, 3.8) is 0 Å². The van der Waals surface area contributed by atoms with Crippen LogP contribution in [0.2, 0.25) is 0 Å². The smallest absolute Gasteiger partial charge is 0.222 e. The van der Waals surface area contributed by atoms with E-state index in [2.05, 4.69) is 46.6 Å². The summed E-state index contributed by atoms with van der Waals surface area (Å²) in [4.78, 5) is 26.0. The van der Waals surface area contributed by atoms with E-state index in [4.69, 9.17) is 4.74 Å². The zero-order chi connectivity index (χ0) is 28.1. The first-order valence-corrected chi connectivity index (χ1v) is 16.0. The Kier molecular flexibility index (Phi) is 7.64. The van der Waals surface area contributed by atoms with Gasteiger partial charge in [0, 0.05) is 32.6 Å². The third kappa shape index (κ3) is 4.74. The number of allylic oxidation sites excluding steroid dienone is 1. The molecular weight excluding hydrogens is 500 g/mol. The number of aliphatic hydroxyl groups excluding tert-OH is 1. The van der Waals surface area contributed by atoms with Crippen LogP contribution in [-0.2, 0) is 4.79 Å². The largest absolute Gasteiger partial charge is 0.491 e. The summed E-state index contributed by atoms with van der Waals surface area (Å²) < 4.78 is 5.43. The molecule has 220 valence electrons. The molecule has 7 heteroatoms. The maximum atomic E-state index is 13.3. The van der Waals surface area contributed by atoms with Crippen LogP contribution < -0.4 is 9.64 Å². The first-order valence-electron chi connectivity index (χ1n) is 16.0. The molecule has 1 saturated heterocycles.